The molecule has 8 nitrogen and oxygen atoms in total. The summed E-state index contributed by atoms with van der Waals surface area (Å²) in [6.45, 7) is 13.2. The van der Waals surface area contributed by atoms with Crippen LogP contribution in [-0.2, 0) is 14.3 Å². The molecule has 0 aliphatic rings. The van der Waals surface area contributed by atoms with Gasteiger partial charge >= 0.3 is 6.09 Å². The molecule has 2 aromatic carbocycles. The zero-order valence-electron chi connectivity index (χ0n) is 25.8. The average molecular weight is 586 g/mol. The topological polar surface area (TPSA) is 108 Å². The van der Waals surface area contributed by atoms with E-state index in [1.807, 2.05) is 38.3 Å². The van der Waals surface area contributed by atoms with Crippen molar-refractivity contribution in [3.05, 3.63) is 58.7 Å². The Hall–Kier alpha value is -3.20. The first kappa shape index (κ1) is 34.0. The molecular formula is C32H47N3O5S. The fourth-order valence-corrected chi connectivity index (χ4v) is 5.07. The minimum Gasteiger partial charge on any atom is -0.507 e. The third-order valence-electron chi connectivity index (χ3n) is 6.74. The van der Waals surface area contributed by atoms with E-state index in [1.54, 1.807) is 57.7 Å². The number of phenolic OH excluding ortho intramolecular Hbond substituents is 1. The lowest BCUT2D eigenvalue weighted by Crippen LogP contribution is -2.53. The van der Waals surface area contributed by atoms with Gasteiger partial charge in [0.25, 0.3) is 5.91 Å². The van der Waals surface area contributed by atoms with E-state index in [1.165, 1.54) is 4.90 Å². The Morgan fingerprint density at radius 3 is 2.20 bits per heavy atom. The van der Waals surface area contributed by atoms with Crippen LogP contribution in [0.1, 0.15) is 81.7 Å². The lowest BCUT2D eigenvalue weighted by atomic mass is 9.98. The van der Waals surface area contributed by atoms with Gasteiger partial charge in [0.2, 0.25) is 5.91 Å². The van der Waals surface area contributed by atoms with Gasteiger partial charge in [-0.1, -0.05) is 56.2 Å². The van der Waals surface area contributed by atoms with Crippen molar-refractivity contribution in [1.29, 1.82) is 0 Å². The highest BCUT2D eigenvalue weighted by molar-refractivity contribution is 7.98. The smallest absolute Gasteiger partial charge is 0.408 e. The van der Waals surface area contributed by atoms with E-state index in [4.69, 9.17) is 4.74 Å². The van der Waals surface area contributed by atoms with Gasteiger partial charge in [0.1, 0.15) is 23.4 Å². The fraction of sp³-hybridized carbons (Fsp3) is 0.531. The van der Waals surface area contributed by atoms with Crippen LogP contribution in [0.5, 0.6) is 5.75 Å². The number of unbranched alkanes of at least 4 members (excludes halogenated alkanes) is 2. The second-order valence-electron chi connectivity index (χ2n) is 11.4. The zero-order chi connectivity index (χ0) is 30.7. The van der Waals surface area contributed by atoms with E-state index in [9.17, 15) is 19.5 Å². The van der Waals surface area contributed by atoms with Crippen LogP contribution in [0.15, 0.2) is 36.4 Å². The summed E-state index contributed by atoms with van der Waals surface area (Å²) in [6, 6.07) is 8.90. The molecule has 0 spiro atoms. The third kappa shape index (κ3) is 9.99. The van der Waals surface area contributed by atoms with Crippen LogP contribution in [-0.4, -0.2) is 58.1 Å². The molecular weight excluding hydrogens is 538 g/mol. The first-order valence-corrected chi connectivity index (χ1v) is 15.6. The lowest BCUT2D eigenvalue weighted by Gasteiger charge is -2.35. The standard InChI is InChI=1S/C32H47N3O5S/c1-9-10-11-19-35(30(38)25(18-20-41-8)33-31(39)40-32(5,6)7)27(24-17-13-16-23(4)28(24)36)29(37)34-26-21(2)14-12-15-22(26)3/h12-17,25,27,36H,9-11,18-20H2,1-8H3,(H,33,39)(H,34,37). The van der Waals surface area contributed by atoms with E-state index < -0.39 is 35.6 Å². The number of para-hydroxylation sites is 2. The summed E-state index contributed by atoms with van der Waals surface area (Å²) in [5.74, 6) is -0.259. The molecule has 3 amide bonds. The molecule has 2 atom stereocenters. The van der Waals surface area contributed by atoms with Gasteiger partial charge in [-0.3, -0.25) is 9.59 Å². The molecule has 2 unspecified atom stereocenters. The molecule has 41 heavy (non-hydrogen) atoms. The van der Waals surface area contributed by atoms with Crippen molar-refractivity contribution >= 4 is 35.4 Å². The number of aryl methyl sites for hydroxylation is 3. The number of hydrogen-bond donors (Lipinski definition) is 3. The monoisotopic (exact) mass is 585 g/mol. The number of ether oxygens (including phenoxy) is 1. The predicted octanol–water partition coefficient (Wildman–Crippen LogP) is 6.66. The second-order valence-corrected chi connectivity index (χ2v) is 12.4. The van der Waals surface area contributed by atoms with E-state index in [0.717, 1.165) is 24.0 Å². The van der Waals surface area contributed by atoms with Crippen molar-refractivity contribution in [2.24, 2.45) is 0 Å². The highest BCUT2D eigenvalue weighted by Crippen LogP contribution is 2.34. The zero-order valence-corrected chi connectivity index (χ0v) is 26.6. The first-order valence-electron chi connectivity index (χ1n) is 14.2. The summed E-state index contributed by atoms with van der Waals surface area (Å²) < 4.78 is 5.46. The van der Waals surface area contributed by atoms with Crippen molar-refractivity contribution < 1.29 is 24.2 Å². The van der Waals surface area contributed by atoms with Crippen LogP contribution in [0.25, 0.3) is 0 Å². The molecule has 0 fully saturated rings. The average Bonchev–Trinajstić information content (AvgIpc) is 2.89. The Bertz CT molecular complexity index is 1170. The number of alkyl carbamates (subject to hydrolysis) is 1. The number of nitrogens with one attached hydrogen (secondary N) is 2. The molecule has 0 aliphatic carbocycles. The van der Waals surface area contributed by atoms with Crippen molar-refractivity contribution in [2.45, 2.75) is 91.8 Å². The fourth-order valence-electron chi connectivity index (χ4n) is 4.60. The minimum absolute atomic E-state index is 0.0387. The quantitative estimate of drug-likeness (QED) is 0.227. The first-order chi connectivity index (χ1) is 19.3. The van der Waals surface area contributed by atoms with Gasteiger partial charge in [0.15, 0.2) is 0 Å². The van der Waals surface area contributed by atoms with Gasteiger partial charge in [0.05, 0.1) is 0 Å². The van der Waals surface area contributed by atoms with Crippen LogP contribution in [0.4, 0.5) is 10.5 Å². The number of aromatic hydroxyl groups is 1. The summed E-state index contributed by atoms with van der Waals surface area (Å²) >= 11 is 1.56. The Balaban J connectivity index is 2.63. The predicted molar refractivity (Wildman–Crippen MR) is 168 cm³/mol. The Kier molecular flexibility index (Phi) is 13.0. The van der Waals surface area contributed by atoms with Crippen LogP contribution in [0.3, 0.4) is 0 Å². The number of hydrogen-bond acceptors (Lipinski definition) is 6. The van der Waals surface area contributed by atoms with Crippen LogP contribution >= 0.6 is 11.8 Å². The molecule has 0 bridgehead atoms. The molecule has 3 N–H and O–H groups in total. The summed E-state index contributed by atoms with van der Waals surface area (Å²) in [7, 11) is 0. The maximum Gasteiger partial charge on any atom is 0.408 e. The van der Waals surface area contributed by atoms with E-state index >= 15 is 0 Å². The van der Waals surface area contributed by atoms with E-state index in [0.29, 0.717) is 35.4 Å². The van der Waals surface area contributed by atoms with Gasteiger partial charge < -0.3 is 25.4 Å². The van der Waals surface area contributed by atoms with Crippen LogP contribution in [0, 0.1) is 20.8 Å². The molecule has 0 saturated carbocycles. The van der Waals surface area contributed by atoms with Gasteiger partial charge in [-0.05, 0) is 83.1 Å². The van der Waals surface area contributed by atoms with Gasteiger partial charge in [-0.25, -0.2) is 4.79 Å². The van der Waals surface area contributed by atoms with E-state index in [-0.39, 0.29) is 12.3 Å². The largest absolute Gasteiger partial charge is 0.507 e. The number of thioether (sulfide) groups is 1. The molecule has 2 rings (SSSR count). The summed E-state index contributed by atoms with van der Waals surface area (Å²) in [4.78, 5) is 42.8. The van der Waals surface area contributed by atoms with Crippen molar-refractivity contribution in [1.82, 2.24) is 10.2 Å². The van der Waals surface area contributed by atoms with Crippen molar-refractivity contribution in [3.63, 3.8) is 0 Å². The van der Waals surface area contributed by atoms with Gasteiger partial charge in [-0.15, -0.1) is 0 Å². The molecule has 226 valence electrons. The third-order valence-corrected chi connectivity index (χ3v) is 7.38. The second kappa shape index (κ2) is 15.7. The Morgan fingerprint density at radius 2 is 1.61 bits per heavy atom. The number of amides is 3. The molecule has 0 heterocycles. The normalized spacial score (nSPS) is 12.8. The molecule has 0 aromatic heterocycles. The molecule has 0 saturated heterocycles. The summed E-state index contributed by atoms with van der Waals surface area (Å²) in [5, 5.41) is 16.9. The number of carbonyl (C=O) groups is 3. The molecule has 0 radical (unpaired) electrons. The van der Waals surface area contributed by atoms with Crippen molar-refractivity contribution in [3.8, 4) is 5.75 Å². The SMILES string of the molecule is CCCCCN(C(=O)C(CCSC)NC(=O)OC(C)(C)C)C(C(=O)Nc1c(C)cccc1C)c1cccc(C)c1O. The Labute approximate surface area is 249 Å². The minimum atomic E-state index is -1.13. The Morgan fingerprint density at radius 1 is 1.00 bits per heavy atom. The summed E-state index contributed by atoms with van der Waals surface area (Å²) in [6.07, 6.45) is 4.02. The molecule has 2 aromatic rings. The van der Waals surface area contributed by atoms with Crippen molar-refractivity contribution in [2.75, 3.05) is 23.9 Å². The highest BCUT2D eigenvalue weighted by atomic mass is 32.2. The highest BCUT2D eigenvalue weighted by Gasteiger charge is 2.37. The van der Waals surface area contributed by atoms with Crippen LogP contribution < -0.4 is 10.6 Å². The number of rotatable bonds is 13. The molecule has 0 aliphatic heterocycles. The lowest BCUT2D eigenvalue weighted by molar-refractivity contribution is -0.141. The number of phenols is 1. The summed E-state index contributed by atoms with van der Waals surface area (Å²) in [5.41, 5.74) is 2.64. The molecule has 9 heteroatoms. The maximum atomic E-state index is 14.3. The van der Waals surface area contributed by atoms with Gasteiger partial charge in [0, 0.05) is 17.8 Å². The van der Waals surface area contributed by atoms with Gasteiger partial charge in [-0.2, -0.15) is 11.8 Å². The van der Waals surface area contributed by atoms with Crippen LogP contribution in [0.2, 0.25) is 0 Å². The number of anilines is 1. The van der Waals surface area contributed by atoms with E-state index in [2.05, 4.69) is 17.6 Å². The number of nitrogens with zero attached hydrogens (tertiary/aromatic N) is 1. The maximum absolute atomic E-state index is 14.3. The number of carbonyl (C=O) groups excluding carboxylic acids is 3. The number of benzene rings is 2.